The Kier molecular flexibility index (Phi) is 5.40. The number of aryl methyl sites for hydroxylation is 1. The maximum Gasteiger partial charge on any atom is 0.335 e. The molecule has 1 aliphatic rings. The molecule has 0 aliphatic heterocycles. The summed E-state index contributed by atoms with van der Waals surface area (Å²) in [6, 6.07) is 11.0. The number of carboxylic acid groups (broad SMARTS) is 1. The Morgan fingerprint density at radius 3 is 2.07 bits per heavy atom. The molecule has 0 bridgehead atoms. The molecule has 0 fully saturated rings. The van der Waals surface area contributed by atoms with Gasteiger partial charge in [-0.1, -0.05) is 57.1 Å². The molecule has 2 N–H and O–H groups in total. The predicted octanol–water partition coefficient (Wildman–Crippen LogP) is 5.93. The van der Waals surface area contributed by atoms with Crippen LogP contribution >= 0.6 is 0 Å². The highest BCUT2D eigenvalue weighted by Gasteiger charge is 2.37. The summed E-state index contributed by atoms with van der Waals surface area (Å²) in [5.74, 6) is -0.951. The van der Waals surface area contributed by atoms with Crippen molar-refractivity contribution in [1.82, 2.24) is 0 Å². The largest absolute Gasteiger partial charge is 0.478 e. The van der Waals surface area contributed by atoms with E-state index in [0.717, 1.165) is 29.5 Å². The van der Waals surface area contributed by atoms with Crippen LogP contribution in [0.3, 0.4) is 0 Å². The molecule has 3 rings (SSSR count). The third-order valence-corrected chi connectivity index (χ3v) is 6.17. The van der Waals surface area contributed by atoms with Crippen LogP contribution < -0.4 is 0 Å². The van der Waals surface area contributed by atoms with E-state index in [1.165, 1.54) is 11.1 Å². The van der Waals surface area contributed by atoms with Crippen molar-refractivity contribution in [2.24, 2.45) is 5.16 Å². The fourth-order valence-corrected chi connectivity index (χ4v) is 4.09. The number of fused-ring (bicyclic) bond motifs is 1. The molecule has 0 amide bonds. The second-order valence-electron chi connectivity index (χ2n) is 9.23. The minimum atomic E-state index is -0.951. The summed E-state index contributed by atoms with van der Waals surface area (Å²) in [5, 5.41) is 22.3. The number of rotatable bonds is 4. The van der Waals surface area contributed by atoms with E-state index in [-0.39, 0.29) is 16.4 Å². The number of hydrogen-bond donors (Lipinski definition) is 2. The van der Waals surface area contributed by atoms with Gasteiger partial charge >= 0.3 is 5.97 Å². The lowest BCUT2D eigenvalue weighted by atomic mass is 9.62. The summed E-state index contributed by atoms with van der Waals surface area (Å²) in [5.41, 5.74) is 6.46. The monoisotopic (exact) mass is 391 g/mol. The van der Waals surface area contributed by atoms with E-state index in [1.807, 2.05) is 13.0 Å². The Hall–Kier alpha value is -2.88. The maximum absolute atomic E-state index is 11.0. The molecular formula is C25H29NO3. The highest BCUT2D eigenvalue weighted by atomic mass is 16.4. The number of benzene rings is 2. The molecule has 2 aromatic carbocycles. The second kappa shape index (κ2) is 7.51. The van der Waals surface area contributed by atoms with Crippen molar-refractivity contribution in [1.29, 1.82) is 0 Å². The minimum Gasteiger partial charge on any atom is -0.478 e. The zero-order valence-corrected chi connectivity index (χ0v) is 17.8. The molecule has 29 heavy (non-hydrogen) atoms. The summed E-state index contributed by atoms with van der Waals surface area (Å²) in [4.78, 5) is 11.0. The van der Waals surface area contributed by atoms with Gasteiger partial charge in [-0.25, -0.2) is 4.79 Å². The van der Waals surface area contributed by atoms with E-state index in [9.17, 15) is 10.0 Å². The van der Waals surface area contributed by atoms with Crippen molar-refractivity contribution in [3.63, 3.8) is 0 Å². The molecule has 152 valence electrons. The van der Waals surface area contributed by atoms with Gasteiger partial charge in [0.05, 0.1) is 5.56 Å². The molecule has 4 nitrogen and oxygen atoms in total. The number of aromatic carboxylic acids is 1. The van der Waals surface area contributed by atoms with E-state index in [1.54, 1.807) is 30.3 Å². The lowest BCUT2D eigenvalue weighted by Crippen LogP contribution is -2.34. The SMILES string of the molecule is Cc1cc2c(cc1C(/C=C/c1ccc(C(=O)O)cc1)=N/O)C(C)(C)CCC2(C)C. The van der Waals surface area contributed by atoms with Crippen molar-refractivity contribution in [2.45, 2.75) is 58.3 Å². The van der Waals surface area contributed by atoms with Crippen molar-refractivity contribution in [3.8, 4) is 0 Å². The molecular weight excluding hydrogens is 362 g/mol. The number of carbonyl (C=O) groups is 1. The maximum atomic E-state index is 11.0. The normalized spacial score (nSPS) is 17.9. The van der Waals surface area contributed by atoms with Gasteiger partial charge in [0.15, 0.2) is 0 Å². The van der Waals surface area contributed by atoms with Gasteiger partial charge in [0.25, 0.3) is 0 Å². The first-order valence-corrected chi connectivity index (χ1v) is 9.95. The number of nitrogens with zero attached hydrogens (tertiary/aromatic N) is 1. The zero-order valence-electron chi connectivity index (χ0n) is 17.8. The van der Waals surface area contributed by atoms with Crippen LogP contribution in [-0.4, -0.2) is 22.0 Å². The van der Waals surface area contributed by atoms with Gasteiger partial charge in [0.1, 0.15) is 5.71 Å². The molecule has 0 spiro atoms. The lowest BCUT2D eigenvalue weighted by molar-refractivity contribution is 0.0697. The summed E-state index contributed by atoms with van der Waals surface area (Å²) in [6.07, 6.45) is 5.87. The molecule has 0 aromatic heterocycles. The first kappa shape index (κ1) is 20.8. The number of allylic oxidation sites excluding steroid dienone is 1. The van der Waals surface area contributed by atoms with Gasteiger partial charge in [-0.05, 0) is 77.1 Å². The standard InChI is InChI=1S/C25H29NO3/c1-16-14-20-21(25(4,5)13-12-24(20,2)3)15-19(16)22(26-29)11-8-17-6-9-18(10-7-17)23(27)28/h6-11,14-15,29H,12-13H2,1-5H3,(H,27,28)/b11-8+,26-22+. The summed E-state index contributed by atoms with van der Waals surface area (Å²) >= 11 is 0. The van der Waals surface area contributed by atoms with Crippen molar-refractivity contribution in [2.75, 3.05) is 0 Å². The summed E-state index contributed by atoms with van der Waals surface area (Å²) in [7, 11) is 0. The molecule has 0 radical (unpaired) electrons. The van der Waals surface area contributed by atoms with E-state index >= 15 is 0 Å². The van der Waals surface area contributed by atoms with Crippen LogP contribution in [-0.2, 0) is 10.8 Å². The Labute approximate surface area is 172 Å². The van der Waals surface area contributed by atoms with Crippen LogP contribution in [0.1, 0.15) is 78.7 Å². The van der Waals surface area contributed by atoms with E-state index < -0.39 is 5.97 Å². The van der Waals surface area contributed by atoms with Gasteiger partial charge < -0.3 is 10.3 Å². The van der Waals surface area contributed by atoms with Gasteiger partial charge in [0, 0.05) is 5.56 Å². The van der Waals surface area contributed by atoms with Gasteiger partial charge in [-0.15, -0.1) is 0 Å². The van der Waals surface area contributed by atoms with E-state index in [2.05, 4.69) is 45.0 Å². The number of oxime groups is 1. The van der Waals surface area contributed by atoms with Crippen LogP contribution in [0.25, 0.3) is 6.08 Å². The third kappa shape index (κ3) is 4.12. The Balaban J connectivity index is 1.99. The average Bonchev–Trinajstić information content (AvgIpc) is 2.67. The highest BCUT2D eigenvalue weighted by molar-refractivity contribution is 6.11. The van der Waals surface area contributed by atoms with Crippen molar-refractivity contribution >= 4 is 17.8 Å². The van der Waals surface area contributed by atoms with Gasteiger partial charge in [0.2, 0.25) is 0 Å². The average molecular weight is 392 g/mol. The zero-order chi connectivity index (χ0) is 21.4. The molecule has 0 saturated carbocycles. The molecule has 0 heterocycles. The Morgan fingerprint density at radius 2 is 1.55 bits per heavy atom. The van der Waals surface area contributed by atoms with E-state index in [4.69, 9.17) is 5.11 Å². The summed E-state index contributed by atoms with van der Waals surface area (Å²) in [6.45, 7) is 11.2. The quantitative estimate of drug-likeness (QED) is 0.385. The topological polar surface area (TPSA) is 69.9 Å². The Bertz CT molecular complexity index is 995. The lowest BCUT2D eigenvalue weighted by Gasteiger charge is -2.42. The van der Waals surface area contributed by atoms with Crippen LogP contribution in [0.15, 0.2) is 47.6 Å². The van der Waals surface area contributed by atoms with Crippen LogP contribution in [0.5, 0.6) is 0 Å². The van der Waals surface area contributed by atoms with Crippen LogP contribution in [0.2, 0.25) is 0 Å². The van der Waals surface area contributed by atoms with Crippen molar-refractivity contribution in [3.05, 3.63) is 75.9 Å². The van der Waals surface area contributed by atoms with Gasteiger partial charge in [-0.2, -0.15) is 0 Å². The van der Waals surface area contributed by atoms with Crippen LogP contribution in [0, 0.1) is 6.92 Å². The molecule has 2 aromatic rings. The highest BCUT2D eigenvalue weighted by Crippen LogP contribution is 2.46. The predicted molar refractivity (Wildman–Crippen MR) is 117 cm³/mol. The molecule has 0 atom stereocenters. The van der Waals surface area contributed by atoms with Crippen molar-refractivity contribution < 1.29 is 15.1 Å². The van der Waals surface area contributed by atoms with Gasteiger partial charge in [-0.3, -0.25) is 0 Å². The van der Waals surface area contributed by atoms with Crippen LogP contribution in [0.4, 0.5) is 0 Å². The number of carboxylic acids is 1. The van der Waals surface area contributed by atoms with E-state index in [0.29, 0.717) is 5.71 Å². The third-order valence-electron chi connectivity index (χ3n) is 6.17. The summed E-state index contributed by atoms with van der Waals surface area (Å²) < 4.78 is 0. The first-order chi connectivity index (χ1) is 13.5. The molecule has 1 aliphatic carbocycles. The molecule has 0 unspecified atom stereocenters. The smallest absolute Gasteiger partial charge is 0.335 e. The fourth-order valence-electron chi connectivity index (χ4n) is 4.09. The first-order valence-electron chi connectivity index (χ1n) is 9.95. The molecule has 4 heteroatoms. The fraction of sp³-hybridized carbons (Fsp3) is 0.360. The minimum absolute atomic E-state index is 0.0737. The number of hydrogen-bond acceptors (Lipinski definition) is 3. The second-order valence-corrected chi connectivity index (χ2v) is 9.23. The Morgan fingerprint density at radius 1 is 1.00 bits per heavy atom. The molecule has 0 saturated heterocycles.